The molecule has 1 aliphatic heterocycles. The van der Waals surface area contributed by atoms with Crippen LogP contribution < -0.4 is 4.90 Å². The molecule has 0 bridgehead atoms. The van der Waals surface area contributed by atoms with E-state index in [0.717, 1.165) is 17.8 Å². The Hall–Kier alpha value is -1.41. The van der Waals surface area contributed by atoms with E-state index in [-0.39, 0.29) is 17.8 Å². The van der Waals surface area contributed by atoms with E-state index in [9.17, 15) is 9.59 Å². The highest BCUT2D eigenvalue weighted by molar-refractivity contribution is 7.15. The lowest BCUT2D eigenvalue weighted by Gasteiger charge is -2.37. The second kappa shape index (κ2) is 7.23. The van der Waals surface area contributed by atoms with Gasteiger partial charge in [0, 0.05) is 31.3 Å². The van der Waals surface area contributed by atoms with Gasteiger partial charge in [0.05, 0.1) is 6.42 Å². The Kier molecular flexibility index (Phi) is 5.24. The summed E-state index contributed by atoms with van der Waals surface area (Å²) in [6.07, 6.45) is 3.44. The van der Waals surface area contributed by atoms with Crippen molar-refractivity contribution < 1.29 is 14.3 Å². The van der Waals surface area contributed by atoms with Crippen molar-refractivity contribution in [1.29, 1.82) is 0 Å². The number of aromatic nitrogens is 2. The molecular formula is C15H21ClN4O3S. The Bertz CT molecular complexity index is 620. The lowest BCUT2D eigenvalue weighted by atomic mass is 9.86. The van der Waals surface area contributed by atoms with Crippen LogP contribution in [0.15, 0.2) is 0 Å². The van der Waals surface area contributed by atoms with Gasteiger partial charge in [-0.2, -0.15) is 0 Å². The number of ether oxygens (including phenoxy) is 1. The van der Waals surface area contributed by atoms with Crippen LogP contribution in [0, 0.1) is 0 Å². The van der Waals surface area contributed by atoms with Crippen LogP contribution in [-0.2, 0) is 9.53 Å². The molecule has 0 radical (unpaired) electrons. The Morgan fingerprint density at radius 1 is 1.42 bits per heavy atom. The summed E-state index contributed by atoms with van der Waals surface area (Å²) >= 11 is 7.26. The highest BCUT2D eigenvalue weighted by Gasteiger charge is 2.38. The van der Waals surface area contributed by atoms with Crippen molar-refractivity contribution in [2.24, 2.45) is 0 Å². The first-order valence-corrected chi connectivity index (χ1v) is 9.42. The van der Waals surface area contributed by atoms with Gasteiger partial charge in [-0.1, -0.05) is 17.8 Å². The van der Waals surface area contributed by atoms with Gasteiger partial charge in [0.1, 0.15) is 5.01 Å². The molecule has 0 N–H and O–H groups in total. The maximum Gasteiger partial charge on any atom is 0.329 e. The molecule has 1 aromatic heterocycles. The van der Waals surface area contributed by atoms with E-state index in [1.165, 1.54) is 22.7 Å². The number of halogens is 1. The molecule has 1 aromatic rings. The van der Waals surface area contributed by atoms with Gasteiger partial charge in [-0.25, -0.2) is 9.69 Å². The number of nitrogens with zero attached hydrogens (tertiary/aromatic N) is 4. The van der Waals surface area contributed by atoms with Crippen molar-refractivity contribution in [2.75, 3.05) is 18.5 Å². The van der Waals surface area contributed by atoms with Gasteiger partial charge in [-0.3, -0.25) is 4.79 Å². The largest absolute Gasteiger partial charge is 0.441 e. The Morgan fingerprint density at radius 3 is 2.79 bits per heavy atom. The summed E-state index contributed by atoms with van der Waals surface area (Å²) in [7, 11) is 1.72. The molecule has 2 unspecified atom stereocenters. The van der Waals surface area contributed by atoms with Crippen LogP contribution in [0.25, 0.3) is 0 Å². The standard InChI is InChI=1S/C15H21ClN4O3S/c1-9(16)8-12(21)23-11-6-7-19(2)15(22)20(11)14-18-17-13(24-14)10-4-3-5-10/h9-11H,3-8H2,1-2H3. The van der Waals surface area contributed by atoms with Crippen LogP contribution >= 0.6 is 22.9 Å². The Labute approximate surface area is 149 Å². The molecule has 24 heavy (non-hydrogen) atoms. The SMILES string of the molecule is CC(Cl)CC(=O)OC1CCN(C)C(=O)N1c1nnc(C2CCC2)s1. The summed E-state index contributed by atoms with van der Waals surface area (Å²) < 4.78 is 5.49. The van der Waals surface area contributed by atoms with E-state index < -0.39 is 12.2 Å². The van der Waals surface area contributed by atoms with Crippen molar-refractivity contribution in [1.82, 2.24) is 15.1 Å². The number of urea groups is 1. The van der Waals surface area contributed by atoms with Crippen LogP contribution in [0.5, 0.6) is 0 Å². The fourth-order valence-electron chi connectivity index (χ4n) is 2.73. The highest BCUT2D eigenvalue weighted by Crippen LogP contribution is 2.40. The number of hydrogen-bond acceptors (Lipinski definition) is 6. The molecule has 0 aromatic carbocycles. The van der Waals surface area contributed by atoms with E-state index in [1.807, 2.05) is 0 Å². The van der Waals surface area contributed by atoms with E-state index >= 15 is 0 Å². The monoisotopic (exact) mass is 372 g/mol. The molecule has 3 rings (SSSR count). The highest BCUT2D eigenvalue weighted by atomic mass is 35.5. The first-order chi connectivity index (χ1) is 11.5. The predicted octanol–water partition coefficient (Wildman–Crippen LogP) is 2.95. The minimum absolute atomic E-state index is 0.110. The number of amides is 2. The lowest BCUT2D eigenvalue weighted by molar-refractivity contribution is -0.149. The average molecular weight is 373 g/mol. The van der Waals surface area contributed by atoms with Crippen molar-refractivity contribution >= 4 is 40.1 Å². The predicted molar refractivity (Wildman–Crippen MR) is 91.4 cm³/mol. The fourth-order valence-corrected chi connectivity index (χ4v) is 3.90. The van der Waals surface area contributed by atoms with Gasteiger partial charge in [-0.05, 0) is 19.8 Å². The average Bonchev–Trinajstić information content (AvgIpc) is 2.89. The van der Waals surface area contributed by atoms with Crippen LogP contribution in [0.1, 0.15) is 50.0 Å². The zero-order valence-electron chi connectivity index (χ0n) is 13.8. The number of carbonyl (C=O) groups excluding carboxylic acids is 2. The van der Waals surface area contributed by atoms with Crippen molar-refractivity contribution in [3.63, 3.8) is 0 Å². The van der Waals surface area contributed by atoms with E-state index in [4.69, 9.17) is 16.3 Å². The van der Waals surface area contributed by atoms with Crippen molar-refractivity contribution in [2.45, 2.75) is 56.6 Å². The smallest absolute Gasteiger partial charge is 0.329 e. The molecule has 132 valence electrons. The number of hydrogen-bond donors (Lipinski definition) is 0. The van der Waals surface area contributed by atoms with Gasteiger partial charge in [0.15, 0.2) is 6.23 Å². The van der Waals surface area contributed by atoms with E-state index in [2.05, 4.69) is 10.2 Å². The first kappa shape index (κ1) is 17.4. The fraction of sp³-hybridized carbons (Fsp3) is 0.733. The van der Waals surface area contributed by atoms with Gasteiger partial charge in [0.25, 0.3) is 0 Å². The molecule has 1 saturated carbocycles. The summed E-state index contributed by atoms with van der Waals surface area (Å²) in [5.74, 6) is 0.0422. The topological polar surface area (TPSA) is 75.6 Å². The number of rotatable bonds is 5. The first-order valence-electron chi connectivity index (χ1n) is 8.17. The van der Waals surface area contributed by atoms with Gasteiger partial charge in [-0.15, -0.1) is 21.8 Å². The van der Waals surface area contributed by atoms with Gasteiger partial charge in [0.2, 0.25) is 5.13 Å². The summed E-state index contributed by atoms with van der Waals surface area (Å²) in [5, 5.41) is 9.55. The molecule has 1 aliphatic carbocycles. The maximum atomic E-state index is 12.6. The number of esters is 1. The third kappa shape index (κ3) is 3.64. The second-order valence-corrected chi connectivity index (χ2v) is 8.08. The molecular weight excluding hydrogens is 352 g/mol. The molecule has 2 amide bonds. The van der Waals surface area contributed by atoms with E-state index in [1.54, 1.807) is 18.9 Å². The molecule has 7 nitrogen and oxygen atoms in total. The van der Waals surface area contributed by atoms with Crippen molar-refractivity contribution in [3.05, 3.63) is 5.01 Å². The quantitative estimate of drug-likeness (QED) is 0.586. The lowest BCUT2D eigenvalue weighted by Crippen LogP contribution is -2.54. The molecule has 0 spiro atoms. The number of carbonyl (C=O) groups is 2. The third-order valence-corrected chi connectivity index (χ3v) is 5.58. The molecule has 1 saturated heterocycles. The minimum Gasteiger partial charge on any atom is -0.441 e. The van der Waals surface area contributed by atoms with Crippen LogP contribution in [0.3, 0.4) is 0 Å². The molecule has 2 aliphatic rings. The zero-order chi connectivity index (χ0) is 17.3. The molecule has 2 heterocycles. The zero-order valence-corrected chi connectivity index (χ0v) is 15.3. The maximum absolute atomic E-state index is 12.6. The van der Waals surface area contributed by atoms with Crippen LogP contribution in [-0.4, -0.2) is 52.3 Å². The van der Waals surface area contributed by atoms with Gasteiger partial charge < -0.3 is 9.64 Å². The van der Waals surface area contributed by atoms with E-state index in [0.29, 0.717) is 24.0 Å². The summed E-state index contributed by atoms with van der Waals surface area (Å²) in [4.78, 5) is 27.6. The Morgan fingerprint density at radius 2 is 2.17 bits per heavy atom. The number of alkyl halides is 1. The second-order valence-electron chi connectivity index (χ2n) is 6.34. The summed E-state index contributed by atoms with van der Waals surface area (Å²) in [5.41, 5.74) is 0. The molecule has 2 atom stereocenters. The summed E-state index contributed by atoms with van der Waals surface area (Å²) in [6.45, 7) is 2.26. The minimum atomic E-state index is -0.654. The van der Waals surface area contributed by atoms with Gasteiger partial charge >= 0.3 is 12.0 Å². The summed E-state index contributed by atoms with van der Waals surface area (Å²) in [6, 6.07) is -0.228. The van der Waals surface area contributed by atoms with Crippen molar-refractivity contribution in [3.8, 4) is 0 Å². The number of anilines is 1. The van der Waals surface area contributed by atoms with Crippen LogP contribution in [0.2, 0.25) is 0 Å². The Balaban J connectivity index is 1.77. The molecule has 9 heteroatoms. The normalized spacial score (nSPS) is 23.1. The molecule has 2 fully saturated rings. The van der Waals surface area contributed by atoms with Crippen LogP contribution in [0.4, 0.5) is 9.93 Å². The third-order valence-electron chi connectivity index (χ3n) is 4.34.